The highest BCUT2D eigenvalue weighted by Crippen LogP contribution is 2.33. The third-order valence-corrected chi connectivity index (χ3v) is 4.67. The molecule has 2 amide bonds. The number of para-hydroxylation sites is 2. The van der Waals surface area contributed by atoms with Crippen molar-refractivity contribution in [1.82, 2.24) is 5.32 Å². The van der Waals surface area contributed by atoms with Gasteiger partial charge in [-0.05, 0) is 30.7 Å². The van der Waals surface area contributed by atoms with E-state index in [-0.39, 0.29) is 25.0 Å². The van der Waals surface area contributed by atoms with Crippen LogP contribution in [-0.2, 0) is 9.59 Å². The number of primary amides is 1. The van der Waals surface area contributed by atoms with E-state index in [4.69, 9.17) is 22.1 Å². The largest absolute Gasteiger partial charge is 0.477 e. The zero-order chi connectivity index (χ0) is 18.7. The monoisotopic (exact) mass is 373 g/mol. The van der Waals surface area contributed by atoms with Gasteiger partial charge in [0.1, 0.15) is 5.75 Å². The van der Waals surface area contributed by atoms with Crippen LogP contribution in [0, 0.1) is 0 Å². The average molecular weight is 374 g/mol. The lowest BCUT2D eigenvalue weighted by atomic mass is 10.1. The fraction of sp³-hybridized carbons (Fsp3) is 0.263. The normalized spacial score (nSPS) is 17.2. The van der Waals surface area contributed by atoms with Gasteiger partial charge >= 0.3 is 0 Å². The van der Waals surface area contributed by atoms with Crippen molar-refractivity contribution in [2.45, 2.75) is 19.1 Å². The van der Waals surface area contributed by atoms with Crippen LogP contribution in [0.1, 0.15) is 18.5 Å². The zero-order valence-electron chi connectivity index (χ0n) is 14.3. The van der Waals surface area contributed by atoms with Crippen molar-refractivity contribution >= 4 is 29.1 Å². The van der Waals surface area contributed by atoms with E-state index in [1.807, 2.05) is 37.3 Å². The van der Waals surface area contributed by atoms with Crippen LogP contribution in [0.15, 0.2) is 48.5 Å². The number of nitrogens with two attached hydrogens (primary N) is 1. The molecule has 2 aromatic rings. The molecule has 2 unspecified atom stereocenters. The highest BCUT2D eigenvalue weighted by Gasteiger charge is 2.32. The van der Waals surface area contributed by atoms with Crippen LogP contribution in [0.5, 0.6) is 5.75 Å². The Hall–Kier alpha value is -2.57. The van der Waals surface area contributed by atoms with Crippen molar-refractivity contribution in [3.8, 4) is 5.75 Å². The van der Waals surface area contributed by atoms with E-state index in [1.54, 1.807) is 18.2 Å². The number of rotatable bonds is 5. The van der Waals surface area contributed by atoms with E-state index >= 15 is 0 Å². The quantitative estimate of drug-likeness (QED) is 0.842. The lowest BCUT2D eigenvalue weighted by molar-refractivity contribution is -0.125. The third-order valence-electron chi connectivity index (χ3n) is 4.32. The number of amides is 2. The number of carbonyl (C=O) groups excluding carboxylic acids is 2. The number of anilines is 1. The van der Waals surface area contributed by atoms with Crippen molar-refractivity contribution in [2.75, 3.05) is 18.0 Å². The van der Waals surface area contributed by atoms with Gasteiger partial charge in [-0.1, -0.05) is 41.9 Å². The maximum absolute atomic E-state index is 12.8. The van der Waals surface area contributed by atoms with Crippen molar-refractivity contribution < 1.29 is 14.3 Å². The Balaban J connectivity index is 1.73. The fourth-order valence-electron chi connectivity index (χ4n) is 2.89. The predicted molar refractivity (Wildman–Crippen MR) is 100 cm³/mol. The van der Waals surface area contributed by atoms with Crippen LogP contribution in [0.3, 0.4) is 0 Å². The molecule has 1 heterocycles. The fourth-order valence-corrected chi connectivity index (χ4v) is 3.19. The Morgan fingerprint density at radius 1 is 1.27 bits per heavy atom. The molecule has 0 bridgehead atoms. The molecule has 0 saturated heterocycles. The Morgan fingerprint density at radius 2 is 1.96 bits per heavy atom. The van der Waals surface area contributed by atoms with E-state index in [9.17, 15) is 9.59 Å². The minimum atomic E-state index is -0.866. The standard InChI is InChI=1S/C19H20ClN3O3/c1-12(13-6-2-3-7-14(13)20)22-10-18(24)23-11-17(19(21)25)26-16-9-5-4-8-15(16)23/h2-9,12,17,22H,10-11H2,1H3,(H2,21,25). The highest BCUT2D eigenvalue weighted by molar-refractivity contribution is 6.31. The van der Waals surface area contributed by atoms with Gasteiger partial charge in [0.2, 0.25) is 5.91 Å². The highest BCUT2D eigenvalue weighted by atomic mass is 35.5. The number of carbonyl (C=O) groups is 2. The molecule has 7 heteroatoms. The van der Waals surface area contributed by atoms with E-state index in [0.29, 0.717) is 16.5 Å². The second-order valence-electron chi connectivity index (χ2n) is 6.11. The van der Waals surface area contributed by atoms with Gasteiger partial charge < -0.3 is 20.7 Å². The number of benzene rings is 2. The van der Waals surface area contributed by atoms with E-state index in [0.717, 1.165) is 5.56 Å². The molecule has 0 saturated carbocycles. The lowest BCUT2D eigenvalue weighted by Gasteiger charge is -2.33. The molecule has 0 fully saturated rings. The van der Waals surface area contributed by atoms with Gasteiger partial charge in [0.15, 0.2) is 6.10 Å². The van der Waals surface area contributed by atoms with Crippen molar-refractivity contribution in [3.63, 3.8) is 0 Å². The molecule has 2 atom stereocenters. The van der Waals surface area contributed by atoms with Crippen LogP contribution in [-0.4, -0.2) is 31.0 Å². The molecule has 3 rings (SSSR count). The lowest BCUT2D eigenvalue weighted by Crippen LogP contribution is -2.51. The summed E-state index contributed by atoms with van der Waals surface area (Å²) in [6.07, 6.45) is -0.866. The van der Waals surface area contributed by atoms with Gasteiger partial charge in [0, 0.05) is 11.1 Å². The summed E-state index contributed by atoms with van der Waals surface area (Å²) >= 11 is 6.20. The topological polar surface area (TPSA) is 84.7 Å². The van der Waals surface area contributed by atoms with Gasteiger partial charge in [0.05, 0.1) is 18.8 Å². The number of nitrogens with zero attached hydrogens (tertiary/aromatic N) is 1. The first-order valence-corrected chi connectivity index (χ1v) is 8.68. The molecule has 136 valence electrons. The van der Waals surface area contributed by atoms with Gasteiger partial charge in [0.25, 0.3) is 5.91 Å². The summed E-state index contributed by atoms with van der Waals surface area (Å²) in [7, 11) is 0. The second-order valence-corrected chi connectivity index (χ2v) is 6.51. The maximum atomic E-state index is 12.8. The van der Waals surface area contributed by atoms with Crippen molar-refractivity contribution in [3.05, 3.63) is 59.1 Å². The summed E-state index contributed by atoms with van der Waals surface area (Å²) < 4.78 is 5.58. The second kappa shape index (κ2) is 7.76. The average Bonchev–Trinajstić information content (AvgIpc) is 2.65. The van der Waals surface area contributed by atoms with E-state index in [1.165, 1.54) is 4.90 Å². The molecule has 2 aromatic carbocycles. The van der Waals surface area contributed by atoms with E-state index in [2.05, 4.69) is 5.32 Å². The molecule has 0 radical (unpaired) electrons. The predicted octanol–water partition coefficient (Wildman–Crippen LogP) is 2.27. The molecule has 26 heavy (non-hydrogen) atoms. The summed E-state index contributed by atoms with van der Waals surface area (Å²) in [5, 5.41) is 3.82. The molecule has 3 N–H and O–H groups in total. The summed E-state index contributed by atoms with van der Waals surface area (Å²) in [6, 6.07) is 14.5. The summed E-state index contributed by atoms with van der Waals surface area (Å²) in [4.78, 5) is 25.9. The van der Waals surface area contributed by atoms with Gasteiger partial charge in [-0.15, -0.1) is 0 Å². The first-order chi connectivity index (χ1) is 12.5. The van der Waals surface area contributed by atoms with Crippen LogP contribution in [0.4, 0.5) is 5.69 Å². The number of hydrogen-bond acceptors (Lipinski definition) is 4. The van der Waals surface area contributed by atoms with Gasteiger partial charge in [-0.25, -0.2) is 0 Å². The Kier molecular flexibility index (Phi) is 5.44. The molecule has 0 aliphatic carbocycles. The summed E-state index contributed by atoms with van der Waals surface area (Å²) in [6.45, 7) is 2.12. The van der Waals surface area contributed by atoms with Gasteiger partial charge in [-0.2, -0.15) is 0 Å². The number of ether oxygens (including phenoxy) is 1. The van der Waals surface area contributed by atoms with Gasteiger partial charge in [-0.3, -0.25) is 9.59 Å². The Bertz CT molecular complexity index is 827. The zero-order valence-corrected chi connectivity index (χ0v) is 15.1. The van der Waals surface area contributed by atoms with Crippen LogP contribution >= 0.6 is 11.6 Å². The third kappa shape index (κ3) is 3.81. The summed E-state index contributed by atoms with van der Waals surface area (Å²) in [5.41, 5.74) is 6.91. The first-order valence-electron chi connectivity index (χ1n) is 8.30. The molecule has 1 aliphatic rings. The maximum Gasteiger partial charge on any atom is 0.260 e. The number of hydrogen-bond donors (Lipinski definition) is 2. The minimum Gasteiger partial charge on any atom is -0.477 e. The molecule has 6 nitrogen and oxygen atoms in total. The molecule has 0 spiro atoms. The van der Waals surface area contributed by atoms with Crippen molar-refractivity contribution in [1.29, 1.82) is 0 Å². The summed E-state index contributed by atoms with van der Waals surface area (Å²) in [5.74, 6) is -0.310. The molecular weight excluding hydrogens is 354 g/mol. The first kappa shape index (κ1) is 18.2. The number of halogens is 1. The number of fused-ring (bicyclic) bond motifs is 1. The minimum absolute atomic E-state index is 0.0895. The van der Waals surface area contributed by atoms with Crippen LogP contribution in [0.25, 0.3) is 0 Å². The Morgan fingerprint density at radius 3 is 2.69 bits per heavy atom. The van der Waals surface area contributed by atoms with Crippen LogP contribution in [0.2, 0.25) is 5.02 Å². The van der Waals surface area contributed by atoms with Crippen LogP contribution < -0.4 is 20.7 Å². The Labute approximate surface area is 156 Å². The molecule has 1 aliphatic heterocycles. The molecule has 0 aromatic heterocycles. The number of nitrogens with one attached hydrogen (secondary N) is 1. The SMILES string of the molecule is CC(NCC(=O)N1CC(C(N)=O)Oc2ccccc21)c1ccccc1Cl. The van der Waals surface area contributed by atoms with E-state index < -0.39 is 12.0 Å². The smallest absolute Gasteiger partial charge is 0.260 e. The molecular formula is C19H20ClN3O3. The van der Waals surface area contributed by atoms with Crippen molar-refractivity contribution in [2.24, 2.45) is 5.73 Å².